The number of methoxy groups -OCH3 is 1. The highest BCUT2D eigenvalue weighted by Gasteiger charge is 2.22. The van der Waals surface area contributed by atoms with Crippen LogP contribution in [0, 0.1) is 0 Å². The Morgan fingerprint density at radius 3 is 2.52 bits per heavy atom. The van der Waals surface area contributed by atoms with Gasteiger partial charge in [0, 0.05) is 55.7 Å². The van der Waals surface area contributed by atoms with Crippen LogP contribution in [0.5, 0.6) is 5.75 Å². The maximum atomic E-state index is 12.5. The summed E-state index contributed by atoms with van der Waals surface area (Å²) in [7, 11) is 1.65. The molecular weight excluding hydrogens is 416 g/mol. The number of piperazine rings is 1. The van der Waals surface area contributed by atoms with Crippen molar-refractivity contribution in [2.45, 2.75) is 19.4 Å². The Kier molecular flexibility index (Phi) is 6.53. The van der Waals surface area contributed by atoms with Crippen LogP contribution in [0.2, 0.25) is 5.02 Å². The Morgan fingerprint density at radius 2 is 1.81 bits per heavy atom. The second-order valence-electron chi connectivity index (χ2n) is 7.65. The highest BCUT2D eigenvalue weighted by molar-refractivity contribution is 6.30. The van der Waals surface area contributed by atoms with E-state index in [4.69, 9.17) is 16.3 Å². The molecule has 0 unspecified atom stereocenters. The lowest BCUT2D eigenvalue weighted by Gasteiger charge is -2.34. The number of aromatic amines is 1. The summed E-state index contributed by atoms with van der Waals surface area (Å²) in [6.45, 7) is 3.56. The average molecular weight is 441 g/mol. The van der Waals surface area contributed by atoms with Crippen molar-refractivity contribution in [3.63, 3.8) is 0 Å². The molecule has 0 radical (unpaired) electrons. The van der Waals surface area contributed by atoms with Crippen molar-refractivity contribution in [1.82, 2.24) is 19.8 Å². The minimum absolute atomic E-state index is 0.0257. The van der Waals surface area contributed by atoms with Gasteiger partial charge in [-0.3, -0.25) is 14.5 Å². The third-order valence-corrected chi connectivity index (χ3v) is 5.82. The number of benzene rings is 2. The SMILES string of the molecule is COc1ccc2nc(CN3CCN(C(=O)CCC(=O)c4ccc(Cl)cc4)CC3)[nH]c2c1. The lowest BCUT2D eigenvalue weighted by molar-refractivity contribution is -0.133. The van der Waals surface area contributed by atoms with Gasteiger partial charge in [-0.15, -0.1) is 0 Å². The van der Waals surface area contributed by atoms with Crippen LogP contribution in [0.1, 0.15) is 29.0 Å². The van der Waals surface area contributed by atoms with Crippen LogP contribution in [0.4, 0.5) is 0 Å². The molecular formula is C23H25ClN4O3. The van der Waals surface area contributed by atoms with E-state index in [9.17, 15) is 9.59 Å². The van der Waals surface area contributed by atoms with Gasteiger partial charge in [0.2, 0.25) is 5.91 Å². The summed E-state index contributed by atoms with van der Waals surface area (Å²) in [6, 6.07) is 12.5. The molecule has 1 aliphatic rings. The minimum Gasteiger partial charge on any atom is -0.497 e. The number of amides is 1. The number of fused-ring (bicyclic) bond motifs is 1. The van der Waals surface area contributed by atoms with E-state index in [1.54, 1.807) is 31.4 Å². The number of nitrogens with one attached hydrogen (secondary N) is 1. The molecule has 1 N–H and O–H groups in total. The van der Waals surface area contributed by atoms with Crippen molar-refractivity contribution in [3.05, 3.63) is 58.9 Å². The van der Waals surface area contributed by atoms with E-state index in [1.165, 1.54) is 0 Å². The first-order valence-corrected chi connectivity index (χ1v) is 10.7. The van der Waals surface area contributed by atoms with Crippen LogP contribution >= 0.6 is 11.6 Å². The van der Waals surface area contributed by atoms with E-state index >= 15 is 0 Å². The highest BCUT2D eigenvalue weighted by atomic mass is 35.5. The van der Waals surface area contributed by atoms with Gasteiger partial charge in [-0.25, -0.2) is 4.98 Å². The predicted molar refractivity (Wildman–Crippen MR) is 120 cm³/mol. The van der Waals surface area contributed by atoms with Crippen LogP contribution in [0.25, 0.3) is 11.0 Å². The zero-order valence-electron chi connectivity index (χ0n) is 17.4. The molecule has 8 heteroatoms. The molecule has 4 rings (SSSR count). The van der Waals surface area contributed by atoms with E-state index in [-0.39, 0.29) is 24.5 Å². The Labute approximate surface area is 186 Å². The summed E-state index contributed by atoms with van der Waals surface area (Å²) in [5, 5.41) is 0.591. The molecule has 1 aromatic heterocycles. The number of halogens is 1. The first-order valence-electron chi connectivity index (χ1n) is 10.3. The number of Topliss-reactive ketones (excluding diaryl/α,β-unsaturated/α-hetero) is 1. The highest BCUT2D eigenvalue weighted by Crippen LogP contribution is 2.20. The molecule has 0 atom stereocenters. The van der Waals surface area contributed by atoms with Gasteiger partial charge in [0.05, 0.1) is 24.7 Å². The lowest BCUT2D eigenvalue weighted by Crippen LogP contribution is -2.48. The second kappa shape index (κ2) is 9.49. The molecule has 1 aliphatic heterocycles. The molecule has 31 heavy (non-hydrogen) atoms. The van der Waals surface area contributed by atoms with Crippen LogP contribution in [-0.4, -0.2) is 64.7 Å². The van der Waals surface area contributed by atoms with Crippen molar-refractivity contribution < 1.29 is 14.3 Å². The molecule has 2 heterocycles. The molecule has 162 valence electrons. The number of imidazole rings is 1. The fraction of sp³-hybridized carbons (Fsp3) is 0.348. The number of carbonyl (C=O) groups excluding carboxylic acids is 2. The number of hydrogen-bond acceptors (Lipinski definition) is 5. The zero-order valence-corrected chi connectivity index (χ0v) is 18.2. The van der Waals surface area contributed by atoms with Gasteiger partial charge >= 0.3 is 0 Å². The van der Waals surface area contributed by atoms with Crippen molar-refractivity contribution in [2.75, 3.05) is 33.3 Å². The van der Waals surface area contributed by atoms with Crippen molar-refractivity contribution >= 4 is 34.3 Å². The number of hydrogen-bond donors (Lipinski definition) is 1. The number of aromatic nitrogens is 2. The second-order valence-corrected chi connectivity index (χ2v) is 8.09. The average Bonchev–Trinajstić information content (AvgIpc) is 3.19. The van der Waals surface area contributed by atoms with Gasteiger partial charge in [-0.1, -0.05) is 11.6 Å². The summed E-state index contributed by atoms with van der Waals surface area (Å²) >= 11 is 5.85. The monoisotopic (exact) mass is 440 g/mol. The Bertz CT molecular complexity index is 1070. The molecule has 1 saturated heterocycles. The quantitative estimate of drug-likeness (QED) is 0.568. The summed E-state index contributed by atoms with van der Waals surface area (Å²) in [6.07, 6.45) is 0.440. The molecule has 1 amide bonds. The number of carbonyl (C=O) groups is 2. The van der Waals surface area contributed by atoms with E-state index in [0.29, 0.717) is 30.2 Å². The molecule has 2 aromatic carbocycles. The van der Waals surface area contributed by atoms with E-state index < -0.39 is 0 Å². The fourth-order valence-corrected chi connectivity index (χ4v) is 3.90. The van der Waals surface area contributed by atoms with Gasteiger partial charge in [0.15, 0.2) is 5.78 Å². The van der Waals surface area contributed by atoms with Crippen molar-refractivity contribution in [2.24, 2.45) is 0 Å². The Morgan fingerprint density at radius 1 is 1.06 bits per heavy atom. The lowest BCUT2D eigenvalue weighted by atomic mass is 10.1. The molecule has 0 saturated carbocycles. The molecule has 3 aromatic rings. The Balaban J connectivity index is 1.25. The van der Waals surface area contributed by atoms with Gasteiger partial charge in [0.25, 0.3) is 0 Å². The van der Waals surface area contributed by atoms with Gasteiger partial charge in [-0.05, 0) is 36.4 Å². The summed E-state index contributed by atoms with van der Waals surface area (Å²) in [5.74, 6) is 1.68. The normalized spacial score (nSPS) is 14.7. The largest absolute Gasteiger partial charge is 0.497 e. The Hall–Kier alpha value is -2.90. The van der Waals surface area contributed by atoms with Crippen LogP contribution < -0.4 is 4.74 Å². The van der Waals surface area contributed by atoms with E-state index in [2.05, 4.69) is 14.9 Å². The summed E-state index contributed by atoms with van der Waals surface area (Å²) in [4.78, 5) is 36.9. The molecule has 0 aliphatic carbocycles. The standard InChI is InChI=1S/C23H25ClN4O3/c1-31-18-6-7-19-20(14-18)26-22(25-19)15-27-10-12-28(13-11-27)23(30)9-8-21(29)16-2-4-17(24)5-3-16/h2-7,14H,8-13,15H2,1H3,(H,25,26). The number of rotatable bonds is 7. The molecule has 0 spiro atoms. The predicted octanol–water partition coefficient (Wildman–Crippen LogP) is 3.53. The third-order valence-electron chi connectivity index (χ3n) is 5.57. The molecule has 0 bridgehead atoms. The summed E-state index contributed by atoms with van der Waals surface area (Å²) < 4.78 is 5.26. The maximum Gasteiger partial charge on any atom is 0.223 e. The zero-order chi connectivity index (χ0) is 21.8. The fourth-order valence-electron chi connectivity index (χ4n) is 3.77. The molecule has 7 nitrogen and oxygen atoms in total. The number of ether oxygens (including phenoxy) is 1. The van der Waals surface area contributed by atoms with Gasteiger partial charge in [0.1, 0.15) is 11.6 Å². The number of nitrogens with zero attached hydrogens (tertiary/aromatic N) is 3. The van der Waals surface area contributed by atoms with Gasteiger partial charge < -0.3 is 14.6 Å². The number of H-pyrrole nitrogens is 1. The van der Waals surface area contributed by atoms with E-state index in [1.807, 2.05) is 23.1 Å². The third kappa shape index (κ3) is 5.24. The van der Waals surface area contributed by atoms with Crippen molar-refractivity contribution in [1.29, 1.82) is 0 Å². The van der Waals surface area contributed by atoms with Crippen LogP contribution in [0.3, 0.4) is 0 Å². The number of ketones is 1. The molecule has 1 fully saturated rings. The maximum absolute atomic E-state index is 12.5. The van der Waals surface area contributed by atoms with Crippen LogP contribution in [0.15, 0.2) is 42.5 Å². The van der Waals surface area contributed by atoms with Gasteiger partial charge in [-0.2, -0.15) is 0 Å². The minimum atomic E-state index is -0.0369. The van der Waals surface area contributed by atoms with Crippen LogP contribution in [-0.2, 0) is 11.3 Å². The van der Waals surface area contributed by atoms with Crippen molar-refractivity contribution in [3.8, 4) is 5.75 Å². The van der Waals surface area contributed by atoms with E-state index in [0.717, 1.165) is 35.7 Å². The smallest absolute Gasteiger partial charge is 0.223 e. The first-order chi connectivity index (χ1) is 15.0. The first kappa shape index (κ1) is 21.3. The summed E-state index contributed by atoms with van der Waals surface area (Å²) in [5.41, 5.74) is 2.45. The topological polar surface area (TPSA) is 78.5 Å².